The van der Waals surface area contributed by atoms with Gasteiger partial charge in [-0.1, -0.05) is 17.3 Å². The molecule has 0 aliphatic heterocycles. The standard InChI is InChI=1S/C19H23NO4/c1-5-6-9-22-18-10-14(2)19(15(3)11-18)23-13-17-8-7-16(24-17)12-20-21-4/h5-8,10-12H,9,13H2,1-4H3/b6-5+,20-12?. The topological polar surface area (TPSA) is 53.2 Å². The van der Waals surface area contributed by atoms with Gasteiger partial charge >= 0.3 is 0 Å². The number of rotatable bonds is 8. The van der Waals surface area contributed by atoms with E-state index >= 15 is 0 Å². The summed E-state index contributed by atoms with van der Waals surface area (Å²) < 4.78 is 17.2. The lowest BCUT2D eigenvalue weighted by molar-refractivity contribution is 0.214. The predicted molar refractivity (Wildman–Crippen MR) is 93.9 cm³/mol. The van der Waals surface area contributed by atoms with Crippen LogP contribution in [0.2, 0.25) is 0 Å². The van der Waals surface area contributed by atoms with Gasteiger partial charge in [-0.3, -0.25) is 0 Å². The van der Waals surface area contributed by atoms with Crippen LogP contribution in [0.5, 0.6) is 11.5 Å². The van der Waals surface area contributed by atoms with Gasteiger partial charge in [0.2, 0.25) is 0 Å². The molecule has 1 aromatic heterocycles. The SMILES string of the molecule is C/C=C/COc1cc(C)c(OCc2ccc(C=NOC)o2)c(C)c1. The summed E-state index contributed by atoms with van der Waals surface area (Å²) in [6.45, 7) is 6.89. The molecule has 0 N–H and O–H groups in total. The summed E-state index contributed by atoms with van der Waals surface area (Å²) in [4.78, 5) is 4.62. The van der Waals surface area contributed by atoms with Gasteiger partial charge in [0.1, 0.15) is 49.6 Å². The van der Waals surface area contributed by atoms with Crippen molar-refractivity contribution in [1.82, 2.24) is 0 Å². The molecule has 0 saturated carbocycles. The van der Waals surface area contributed by atoms with Gasteiger partial charge in [0.25, 0.3) is 0 Å². The molecule has 0 atom stereocenters. The Bertz CT molecular complexity index is 693. The Kier molecular flexibility index (Phi) is 6.49. The molecule has 5 nitrogen and oxygen atoms in total. The summed E-state index contributed by atoms with van der Waals surface area (Å²) in [5.74, 6) is 3.03. The number of nitrogens with zero attached hydrogens (tertiary/aromatic N) is 1. The van der Waals surface area contributed by atoms with Gasteiger partial charge in [-0.2, -0.15) is 0 Å². The molecule has 1 heterocycles. The van der Waals surface area contributed by atoms with Crippen molar-refractivity contribution in [3.8, 4) is 11.5 Å². The van der Waals surface area contributed by atoms with Crippen LogP contribution < -0.4 is 9.47 Å². The highest BCUT2D eigenvalue weighted by Gasteiger charge is 2.09. The Morgan fingerprint density at radius 1 is 1.12 bits per heavy atom. The maximum atomic E-state index is 5.91. The van der Waals surface area contributed by atoms with E-state index in [4.69, 9.17) is 13.9 Å². The number of oxime groups is 1. The lowest BCUT2D eigenvalue weighted by atomic mass is 10.1. The molecule has 0 spiro atoms. The van der Waals surface area contributed by atoms with E-state index in [1.54, 1.807) is 0 Å². The maximum Gasteiger partial charge on any atom is 0.148 e. The lowest BCUT2D eigenvalue weighted by Crippen LogP contribution is -2.00. The predicted octanol–water partition coefficient (Wildman–Crippen LogP) is 4.41. The van der Waals surface area contributed by atoms with Crippen LogP contribution in [0.3, 0.4) is 0 Å². The van der Waals surface area contributed by atoms with Crippen molar-refractivity contribution in [2.75, 3.05) is 13.7 Å². The molecule has 0 radical (unpaired) electrons. The molecule has 0 aliphatic carbocycles. The normalized spacial score (nSPS) is 11.3. The highest BCUT2D eigenvalue weighted by atomic mass is 16.6. The zero-order chi connectivity index (χ0) is 17.4. The van der Waals surface area contributed by atoms with Gasteiger partial charge in [-0.05, 0) is 56.2 Å². The Labute approximate surface area is 142 Å². The Morgan fingerprint density at radius 3 is 2.54 bits per heavy atom. The van der Waals surface area contributed by atoms with Crippen molar-refractivity contribution in [3.63, 3.8) is 0 Å². The molecule has 128 valence electrons. The molecule has 0 amide bonds. The third-order valence-corrected chi connectivity index (χ3v) is 3.34. The molecule has 24 heavy (non-hydrogen) atoms. The average Bonchev–Trinajstić information content (AvgIpc) is 3.00. The van der Waals surface area contributed by atoms with Crippen molar-refractivity contribution >= 4 is 6.21 Å². The second kappa shape index (κ2) is 8.82. The Morgan fingerprint density at radius 2 is 1.88 bits per heavy atom. The summed E-state index contributed by atoms with van der Waals surface area (Å²) in [7, 11) is 1.49. The highest BCUT2D eigenvalue weighted by molar-refractivity contribution is 5.75. The summed E-state index contributed by atoms with van der Waals surface area (Å²) in [6, 6.07) is 7.63. The van der Waals surface area contributed by atoms with E-state index in [2.05, 4.69) is 9.99 Å². The summed E-state index contributed by atoms with van der Waals surface area (Å²) >= 11 is 0. The fourth-order valence-corrected chi connectivity index (χ4v) is 2.25. The lowest BCUT2D eigenvalue weighted by Gasteiger charge is -2.13. The van der Waals surface area contributed by atoms with Crippen LogP contribution in [0.25, 0.3) is 0 Å². The first-order valence-corrected chi connectivity index (χ1v) is 7.77. The van der Waals surface area contributed by atoms with Gasteiger partial charge in [0, 0.05) is 0 Å². The summed E-state index contributed by atoms with van der Waals surface area (Å²) in [5.41, 5.74) is 2.05. The smallest absolute Gasteiger partial charge is 0.148 e. The zero-order valence-electron chi connectivity index (χ0n) is 14.5. The molecule has 0 bridgehead atoms. The minimum Gasteiger partial charge on any atom is -0.490 e. The first kappa shape index (κ1) is 17.7. The van der Waals surface area contributed by atoms with Crippen LogP contribution in [-0.2, 0) is 11.4 Å². The summed E-state index contributed by atoms with van der Waals surface area (Å²) in [5, 5.41) is 3.66. The number of hydrogen-bond donors (Lipinski definition) is 0. The van der Waals surface area contributed by atoms with Crippen LogP contribution in [0.4, 0.5) is 0 Å². The van der Waals surface area contributed by atoms with Crippen molar-refractivity contribution in [3.05, 3.63) is 59.1 Å². The molecule has 5 heteroatoms. The number of ether oxygens (including phenoxy) is 2. The minimum absolute atomic E-state index is 0.348. The molecular weight excluding hydrogens is 306 g/mol. The van der Waals surface area contributed by atoms with Crippen LogP contribution in [-0.4, -0.2) is 19.9 Å². The summed E-state index contributed by atoms with van der Waals surface area (Å²) in [6.07, 6.45) is 5.44. The quantitative estimate of drug-likeness (QED) is 0.409. The van der Waals surface area contributed by atoms with E-state index in [0.29, 0.717) is 19.0 Å². The van der Waals surface area contributed by atoms with Crippen LogP contribution >= 0.6 is 0 Å². The number of aryl methyl sites for hydroxylation is 2. The van der Waals surface area contributed by atoms with Crippen LogP contribution in [0.1, 0.15) is 29.6 Å². The van der Waals surface area contributed by atoms with Crippen molar-refractivity contribution in [2.45, 2.75) is 27.4 Å². The molecule has 0 fully saturated rings. The van der Waals surface area contributed by atoms with Gasteiger partial charge < -0.3 is 18.7 Å². The van der Waals surface area contributed by atoms with Crippen LogP contribution in [0.15, 0.2) is 46.0 Å². The Hall–Kier alpha value is -2.69. The number of allylic oxidation sites excluding steroid dienone is 1. The number of benzene rings is 1. The second-order valence-corrected chi connectivity index (χ2v) is 5.28. The largest absolute Gasteiger partial charge is 0.490 e. The first-order chi connectivity index (χ1) is 11.6. The fraction of sp³-hybridized carbons (Fsp3) is 0.316. The monoisotopic (exact) mass is 329 g/mol. The maximum absolute atomic E-state index is 5.91. The molecule has 2 aromatic rings. The Balaban J connectivity index is 2.01. The number of furan rings is 1. The minimum atomic E-state index is 0.348. The molecule has 2 rings (SSSR count). The van der Waals surface area contributed by atoms with Gasteiger partial charge in [-0.15, -0.1) is 0 Å². The van der Waals surface area contributed by atoms with Crippen molar-refractivity contribution in [1.29, 1.82) is 0 Å². The van der Waals surface area contributed by atoms with Gasteiger partial charge in [0.15, 0.2) is 0 Å². The van der Waals surface area contributed by atoms with E-state index in [1.165, 1.54) is 13.3 Å². The van der Waals surface area contributed by atoms with Crippen molar-refractivity contribution in [2.24, 2.45) is 5.16 Å². The van der Waals surface area contributed by atoms with E-state index in [-0.39, 0.29) is 0 Å². The first-order valence-electron chi connectivity index (χ1n) is 7.77. The molecule has 0 aliphatic rings. The molecule has 1 aromatic carbocycles. The third kappa shape index (κ3) is 4.91. The molecule has 0 saturated heterocycles. The average molecular weight is 329 g/mol. The fourth-order valence-electron chi connectivity index (χ4n) is 2.25. The molecule has 0 unspecified atom stereocenters. The van der Waals surface area contributed by atoms with Gasteiger partial charge in [-0.25, -0.2) is 0 Å². The highest BCUT2D eigenvalue weighted by Crippen LogP contribution is 2.29. The van der Waals surface area contributed by atoms with E-state index in [1.807, 2.05) is 57.2 Å². The van der Waals surface area contributed by atoms with E-state index in [0.717, 1.165) is 28.4 Å². The van der Waals surface area contributed by atoms with E-state index in [9.17, 15) is 0 Å². The third-order valence-electron chi connectivity index (χ3n) is 3.34. The van der Waals surface area contributed by atoms with Crippen molar-refractivity contribution < 1.29 is 18.7 Å². The van der Waals surface area contributed by atoms with E-state index < -0.39 is 0 Å². The second-order valence-electron chi connectivity index (χ2n) is 5.28. The van der Waals surface area contributed by atoms with Crippen LogP contribution in [0, 0.1) is 13.8 Å². The number of hydrogen-bond acceptors (Lipinski definition) is 5. The molecular formula is C19H23NO4. The van der Waals surface area contributed by atoms with Gasteiger partial charge in [0.05, 0.1) is 0 Å². The zero-order valence-corrected chi connectivity index (χ0v) is 14.5.